The van der Waals surface area contributed by atoms with Crippen LogP contribution in [0.5, 0.6) is 0 Å². The highest BCUT2D eigenvalue weighted by atomic mass is 32.2. The summed E-state index contributed by atoms with van der Waals surface area (Å²) in [6.45, 7) is 12.5. The van der Waals surface area contributed by atoms with Crippen molar-refractivity contribution in [3.63, 3.8) is 0 Å². The van der Waals surface area contributed by atoms with E-state index in [-0.39, 0.29) is 10.1 Å². The molecule has 31 heavy (non-hydrogen) atoms. The minimum atomic E-state index is 0.227. The molecule has 0 aromatic heterocycles. The Bertz CT molecular complexity index is 653. The molecular formula is C27H48N2OS. The minimum Gasteiger partial charge on any atom is -0.291 e. The number of carbonyl (C=O) groups excluding carboxylic acids is 1. The first kappa shape index (κ1) is 23.9. The van der Waals surface area contributed by atoms with Crippen molar-refractivity contribution in [3.05, 3.63) is 0 Å². The zero-order valence-corrected chi connectivity index (χ0v) is 21.9. The predicted molar refractivity (Wildman–Crippen MR) is 133 cm³/mol. The molecule has 4 aliphatic rings. The van der Waals surface area contributed by atoms with Gasteiger partial charge in [-0.3, -0.25) is 10.2 Å². The summed E-state index contributed by atoms with van der Waals surface area (Å²) in [5.41, 5.74) is 4.01. The smallest absolute Gasteiger partial charge is 0.221 e. The van der Waals surface area contributed by atoms with Crippen molar-refractivity contribution in [2.45, 2.75) is 115 Å². The van der Waals surface area contributed by atoms with Gasteiger partial charge in [0.25, 0.3) is 0 Å². The average Bonchev–Trinajstić information content (AvgIpc) is 3.03. The summed E-state index contributed by atoms with van der Waals surface area (Å²) < 4.78 is 0.227. The fourth-order valence-corrected chi connectivity index (χ4v) is 10.5. The Morgan fingerprint density at radius 3 is 2.52 bits per heavy atom. The molecule has 4 heteroatoms. The summed E-state index contributed by atoms with van der Waals surface area (Å²) in [4.78, 5) is 10.8. The molecule has 4 aliphatic carbocycles. The van der Waals surface area contributed by atoms with E-state index in [9.17, 15) is 4.79 Å². The SMILES string of the molecule is CC(SC(C)(C)CC1CCC2C3CCC4CCCCC4(C)C3CCC12C)N(C)NC=O. The number of hydrogen-bond acceptors (Lipinski definition) is 3. The van der Waals surface area contributed by atoms with E-state index in [4.69, 9.17) is 0 Å². The van der Waals surface area contributed by atoms with Crippen molar-refractivity contribution in [1.82, 2.24) is 10.4 Å². The number of thioether (sulfide) groups is 1. The van der Waals surface area contributed by atoms with Crippen molar-refractivity contribution in [3.8, 4) is 0 Å². The Kier molecular flexibility index (Phi) is 6.83. The molecule has 1 amide bonds. The van der Waals surface area contributed by atoms with Crippen LogP contribution in [0, 0.1) is 40.4 Å². The van der Waals surface area contributed by atoms with Crippen molar-refractivity contribution >= 4 is 18.2 Å². The normalized spacial score (nSPS) is 43.6. The Morgan fingerprint density at radius 1 is 1.03 bits per heavy atom. The molecule has 0 aliphatic heterocycles. The van der Waals surface area contributed by atoms with Gasteiger partial charge in [-0.1, -0.05) is 40.5 Å². The number of hydrogen-bond donors (Lipinski definition) is 1. The fourth-order valence-electron chi connectivity index (χ4n) is 9.11. The van der Waals surface area contributed by atoms with Gasteiger partial charge < -0.3 is 0 Å². The van der Waals surface area contributed by atoms with Crippen molar-refractivity contribution in [2.75, 3.05) is 7.05 Å². The lowest BCUT2D eigenvalue weighted by atomic mass is 9.45. The molecule has 0 aromatic carbocycles. The molecule has 4 saturated carbocycles. The van der Waals surface area contributed by atoms with E-state index >= 15 is 0 Å². The lowest BCUT2D eigenvalue weighted by Gasteiger charge is -2.60. The van der Waals surface area contributed by atoms with E-state index in [1.807, 2.05) is 23.8 Å². The van der Waals surface area contributed by atoms with Gasteiger partial charge in [0.2, 0.25) is 6.41 Å². The summed E-state index contributed by atoms with van der Waals surface area (Å²) >= 11 is 2.02. The molecule has 3 nitrogen and oxygen atoms in total. The zero-order valence-electron chi connectivity index (χ0n) is 21.1. The number of carbonyl (C=O) groups is 1. The maximum atomic E-state index is 10.8. The van der Waals surface area contributed by atoms with Gasteiger partial charge in [0.05, 0.1) is 5.37 Å². The van der Waals surface area contributed by atoms with Crippen LogP contribution < -0.4 is 5.43 Å². The monoisotopic (exact) mass is 448 g/mol. The van der Waals surface area contributed by atoms with Gasteiger partial charge in [-0.05, 0) is 105 Å². The Hall–Kier alpha value is -0.220. The van der Waals surface area contributed by atoms with Crippen molar-refractivity contribution in [1.29, 1.82) is 0 Å². The second-order valence-electron chi connectivity index (χ2n) is 12.8. The number of hydrazine groups is 1. The number of nitrogens with one attached hydrogen (secondary N) is 1. The quantitative estimate of drug-likeness (QED) is 0.262. The highest BCUT2D eigenvalue weighted by molar-refractivity contribution is 8.01. The van der Waals surface area contributed by atoms with E-state index in [2.05, 4.69) is 40.0 Å². The molecule has 0 saturated heterocycles. The fraction of sp³-hybridized carbons (Fsp3) is 0.963. The largest absolute Gasteiger partial charge is 0.291 e. The summed E-state index contributed by atoms with van der Waals surface area (Å²) in [6.07, 6.45) is 17.0. The second kappa shape index (κ2) is 8.85. The summed E-state index contributed by atoms with van der Waals surface area (Å²) in [7, 11) is 1.97. The van der Waals surface area contributed by atoms with Gasteiger partial charge in [-0.2, -0.15) is 0 Å². The third-order valence-corrected chi connectivity index (χ3v) is 12.3. The van der Waals surface area contributed by atoms with Gasteiger partial charge in [-0.25, -0.2) is 5.01 Å². The van der Waals surface area contributed by atoms with E-state index in [0.29, 0.717) is 10.8 Å². The van der Waals surface area contributed by atoms with Crippen LogP contribution in [0.1, 0.15) is 105 Å². The molecule has 0 bridgehead atoms. The first-order valence-corrected chi connectivity index (χ1v) is 14.1. The highest BCUT2D eigenvalue weighted by Crippen LogP contribution is 2.68. The molecule has 0 spiro atoms. The third kappa shape index (κ3) is 4.34. The summed E-state index contributed by atoms with van der Waals surface area (Å²) in [5.74, 6) is 4.86. The number of nitrogens with zero attached hydrogens (tertiary/aromatic N) is 1. The molecule has 4 rings (SSSR count). The van der Waals surface area contributed by atoms with Gasteiger partial charge >= 0.3 is 0 Å². The van der Waals surface area contributed by atoms with Crippen LogP contribution in [0.25, 0.3) is 0 Å². The summed E-state index contributed by atoms with van der Waals surface area (Å²) in [6, 6.07) is 0. The molecule has 0 aromatic rings. The van der Waals surface area contributed by atoms with E-state index in [0.717, 1.165) is 36.0 Å². The predicted octanol–water partition coefficient (Wildman–Crippen LogP) is 6.88. The number of rotatable bonds is 7. The molecule has 8 atom stereocenters. The molecule has 0 heterocycles. The molecular weight excluding hydrogens is 400 g/mol. The maximum absolute atomic E-state index is 10.8. The van der Waals surface area contributed by atoms with Crippen LogP contribution in [0.3, 0.4) is 0 Å². The number of fused-ring (bicyclic) bond motifs is 5. The van der Waals surface area contributed by atoms with E-state index in [1.54, 1.807) is 0 Å². The summed E-state index contributed by atoms with van der Waals surface area (Å²) in [5, 5.41) is 2.22. The van der Waals surface area contributed by atoms with Crippen molar-refractivity contribution < 1.29 is 4.79 Å². The Morgan fingerprint density at radius 2 is 1.77 bits per heavy atom. The van der Waals surface area contributed by atoms with Crippen molar-refractivity contribution in [2.24, 2.45) is 40.4 Å². The zero-order chi connectivity index (χ0) is 22.4. The third-order valence-electron chi connectivity index (χ3n) is 10.8. The Labute approximate surface area is 196 Å². The van der Waals surface area contributed by atoms with E-state index in [1.165, 1.54) is 70.6 Å². The van der Waals surface area contributed by atoms with Crippen LogP contribution >= 0.6 is 11.8 Å². The molecule has 0 radical (unpaired) electrons. The van der Waals surface area contributed by atoms with Gasteiger partial charge in [0.1, 0.15) is 0 Å². The van der Waals surface area contributed by atoms with Gasteiger partial charge in [-0.15, -0.1) is 11.8 Å². The topological polar surface area (TPSA) is 32.3 Å². The van der Waals surface area contributed by atoms with Crippen LogP contribution in [0.2, 0.25) is 0 Å². The second-order valence-corrected chi connectivity index (χ2v) is 14.8. The van der Waals surface area contributed by atoms with Gasteiger partial charge in [0, 0.05) is 11.8 Å². The Balaban J connectivity index is 1.44. The molecule has 4 fully saturated rings. The van der Waals surface area contributed by atoms with Crippen LogP contribution in [-0.2, 0) is 4.79 Å². The standard InChI is InChI=1S/C27H48N2OS/c1-19(29(6)28-18-30)31-25(2,3)17-21-11-13-23-22-12-10-20-9-7-8-15-26(20,4)24(22)14-16-27(21,23)5/h18-24H,7-17H2,1-6H3,(H,28,30). The average molecular weight is 449 g/mol. The van der Waals surface area contributed by atoms with Crippen LogP contribution in [-0.4, -0.2) is 28.6 Å². The first-order valence-electron chi connectivity index (χ1n) is 13.2. The lowest BCUT2D eigenvalue weighted by Crippen LogP contribution is -2.53. The number of amides is 1. The molecule has 8 unspecified atom stereocenters. The minimum absolute atomic E-state index is 0.227. The first-order chi connectivity index (χ1) is 14.6. The van der Waals surface area contributed by atoms with E-state index < -0.39 is 0 Å². The molecule has 1 N–H and O–H groups in total. The maximum Gasteiger partial charge on any atom is 0.221 e. The van der Waals surface area contributed by atoms with Crippen LogP contribution in [0.15, 0.2) is 0 Å². The highest BCUT2D eigenvalue weighted by Gasteiger charge is 2.59. The van der Waals surface area contributed by atoms with Crippen LogP contribution in [0.4, 0.5) is 0 Å². The lowest BCUT2D eigenvalue weighted by molar-refractivity contribution is -0.113. The van der Waals surface area contributed by atoms with Gasteiger partial charge in [0.15, 0.2) is 0 Å². The molecule has 178 valence electrons.